The summed E-state index contributed by atoms with van der Waals surface area (Å²) in [5, 5.41) is 9.03. The summed E-state index contributed by atoms with van der Waals surface area (Å²) in [5.74, 6) is -0.0131. The first-order chi connectivity index (χ1) is 8.11. The Balaban J connectivity index is 2.71. The summed E-state index contributed by atoms with van der Waals surface area (Å²) in [4.78, 5) is 26.2. The van der Waals surface area contributed by atoms with Crippen LogP contribution in [0.2, 0.25) is 0 Å². The molecule has 0 aromatic carbocycles. The van der Waals surface area contributed by atoms with Gasteiger partial charge in [0.2, 0.25) is 0 Å². The van der Waals surface area contributed by atoms with E-state index in [9.17, 15) is 9.59 Å². The van der Waals surface area contributed by atoms with E-state index in [0.29, 0.717) is 24.7 Å². The van der Waals surface area contributed by atoms with Gasteiger partial charge in [0.1, 0.15) is 6.04 Å². The maximum absolute atomic E-state index is 12.2. The third kappa shape index (κ3) is 3.39. The van der Waals surface area contributed by atoms with Crippen LogP contribution in [-0.2, 0) is 4.79 Å². The Kier molecular flexibility index (Phi) is 5.34. The molecule has 0 radical (unpaired) electrons. The number of carbonyl (C=O) groups excluding carboxylic acids is 1. The average molecular weight is 258 g/mol. The van der Waals surface area contributed by atoms with Gasteiger partial charge in [0.25, 0.3) is 0 Å². The van der Waals surface area contributed by atoms with E-state index in [-0.39, 0.29) is 6.03 Å². The minimum absolute atomic E-state index is 0.204. The predicted octanol–water partition coefficient (Wildman–Crippen LogP) is 1.46. The molecule has 5 nitrogen and oxygen atoms in total. The van der Waals surface area contributed by atoms with Crippen molar-refractivity contribution >= 4 is 23.8 Å². The van der Waals surface area contributed by atoms with Crippen LogP contribution >= 0.6 is 11.8 Å². The second-order valence-electron chi connectivity index (χ2n) is 3.84. The fourth-order valence-corrected chi connectivity index (χ4v) is 2.85. The molecule has 0 spiro atoms. The molecular formula is C11H18N2O3S. The summed E-state index contributed by atoms with van der Waals surface area (Å²) in [6, 6.07) is -0.902. The van der Waals surface area contributed by atoms with Crippen LogP contribution in [0.4, 0.5) is 4.79 Å². The number of hydrogen-bond acceptors (Lipinski definition) is 3. The number of nitrogens with zero attached hydrogens (tertiary/aromatic N) is 2. The first kappa shape index (κ1) is 13.9. The highest BCUT2D eigenvalue weighted by Crippen LogP contribution is 2.22. The van der Waals surface area contributed by atoms with Gasteiger partial charge < -0.3 is 14.9 Å². The van der Waals surface area contributed by atoms with Crippen LogP contribution in [0.5, 0.6) is 0 Å². The summed E-state index contributed by atoms with van der Waals surface area (Å²) in [5.41, 5.74) is 0. The molecule has 1 N–H and O–H groups in total. The summed E-state index contributed by atoms with van der Waals surface area (Å²) in [6.07, 6.45) is 2.50. The number of carboxylic acid groups (broad SMARTS) is 1. The molecule has 96 valence electrons. The Morgan fingerprint density at radius 1 is 1.65 bits per heavy atom. The molecule has 1 aliphatic rings. The molecule has 1 heterocycles. The van der Waals surface area contributed by atoms with Crippen LogP contribution in [0.25, 0.3) is 0 Å². The Morgan fingerprint density at radius 2 is 2.35 bits per heavy atom. The zero-order valence-electron chi connectivity index (χ0n) is 9.96. The van der Waals surface area contributed by atoms with E-state index >= 15 is 0 Å². The summed E-state index contributed by atoms with van der Waals surface area (Å²) < 4.78 is 0. The monoisotopic (exact) mass is 258 g/mol. The van der Waals surface area contributed by atoms with Gasteiger partial charge in [-0.25, -0.2) is 9.59 Å². The van der Waals surface area contributed by atoms with Crippen molar-refractivity contribution in [3.05, 3.63) is 12.7 Å². The lowest BCUT2D eigenvalue weighted by Gasteiger charge is -2.28. The Hall–Kier alpha value is -1.17. The van der Waals surface area contributed by atoms with E-state index in [1.54, 1.807) is 11.0 Å². The highest BCUT2D eigenvalue weighted by atomic mass is 32.2. The van der Waals surface area contributed by atoms with Crippen molar-refractivity contribution in [2.45, 2.75) is 19.4 Å². The van der Waals surface area contributed by atoms with E-state index in [4.69, 9.17) is 5.11 Å². The Morgan fingerprint density at radius 3 is 2.88 bits per heavy atom. The largest absolute Gasteiger partial charge is 0.480 e. The third-order valence-corrected chi connectivity index (χ3v) is 3.54. The van der Waals surface area contributed by atoms with Crippen molar-refractivity contribution in [3.8, 4) is 0 Å². The standard InChI is InChI=1S/C11H18N2O3S/c1-3-5-12(6-4-2)11(16)13-8-17-7-9(13)10(14)15/h3,9H,1,4-8H2,2H3,(H,14,15)/t9-/m0/s1. The molecule has 1 rings (SSSR count). The number of hydrogen-bond donors (Lipinski definition) is 1. The number of rotatable bonds is 5. The molecule has 17 heavy (non-hydrogen) atoms. The van der Waals surface area contributed by atoms with E-state index in [0.717, 1.165) is 6.42 Å². The normalized spacial score (nSPS) is 19.1. The van der Waals surface area contributed by atoms with Crippen molar-refractivity contribution in [2.75, 3.05) is 24.7 Å². The van der Waals surface area contributed by atoms with Crippen molar-refractivity contribution in [1.82, 2.24) is 9.80 Å². The van der Waals surface area contributed by atoms with Crippen LogP contribution in [0, 0.1) is 0 Å². The second-order valence-corrected chi connectivity index (χ2v) is 4.84. The highest BCUT2D eigenvalue weighted by Gasteiger charge is 2.36. The summed E-state index contributed by atoms with van der Waals surface area (Å²) in [7, 11) is 0. The van der Waals surface area contributed by atoms with Crippen LogP contribution in [0.3, 0.4) is 0 Å². The lowest BCUT2D eigenvalue weighted by molar-refractivity contribution is -0.140. The molecule has 0 bridgehead atoms. The number of urea groups is 1. The molecule has 1 aliphatic heterocycles. The van der Waals surface area contributed by atoms with E-state index in [2.05, 4.69) is 6.58 Å². The van der Waals surface area contributed by atoms with E-state index < -0.39 is 12.0 Å². The molecule has 1 fully saturated rings. The van der Waals surface area contributed by atoms with E-state index in [1.807, 2.05) is 6.92 Å². The molecule has 6 heteroatoms. The first-order valence-corrected chi connectivity index (χ1v) is 6.74. The molecule has 0 aliphatic carbocycles. The van der Waals surface area contributed by atoms with Crippen LogP contribution in [0.15, 0.2) is 12.7 Å². The van der Waals surface area contributed by atoms with Gasteiger partial charge in [-0.2, -0.15) is 0 Å². The van der Waals surface area contributed by atoms with Crippen LogP contribution in [-0.4, -0.2) is 57.7 Å². The number of aliphatic carboxylic acids is 1. The van der Waals surface area contributed by atoms with Crippen LogP contribution < -0.4 is 0 Å². The minimum atomic E-state index is -0.932. The van der Waals surface area contributed by atoms with Gasteiger partial charge in [0.05, 0.1) is 5.88 Å². The van der Waals surface area contributed by atoms with Gasteiger partial charge in [-0.3, -0.25) is 0 Å². The Bertz CT molecular complexity index is 309. The molecule has 0 saturated carbocycles. The highest BCUT2D eigenvalue weighted by molar-refractivity contribution is 7.99. The maximum Gasteiger partial charge on any atom is 0.327 e. The number of thioether (sulfide) groups is 1. The van der Waals surface area contributed by atoms with E-state index in [1.165, 1.54) is 16.7 Å². The maximum atomic E-state index is 12.2. The van der Waals surface area contributed by atoms with Crippen molar-refractivity contribution in [2.24, 2.45) is 0 Å². The van der Waals surface area contributed by atoms with Crippen LogP contribution in [0.1, 0.15) is 13.3 Å². The number of carboxylic acids is 1. The second kappa shape index (κ2) is 6.54. The van der Waals surface area contributed by atoms with Crippen molar-refractivity contribution < 1.29 is 14.7 Å². The van der Waals surface area contributed by atoms with Gasteiger partial charge in [-0.05, 0) is 6.42 Å². The van der Waals surface area contributed by atoms with Crippen molar-refractivity contribution in [3.63, 3.8) is 0 Å². The van der Waals surface area contributed by atoms with Gasteiger partial charge >= 0.3 is 12.0 Å². The van der Waals surface area contributed by atoms with Gasteiger partial charge in [-0.15, -0.1) is 18.3 Å². The zero-order chi connectivity index (χ0) is 12.8. The molecule has 0 aromatic heterocycles. The predicted molar refractivity (Wildman–Crippen MR) is 68.0 cm³/mol. The summed E-state index contributed by atoms with van der Waals surface area (Å²) >= 11 is 1.47. The molecule has 0 aromatic rings. The zero-order valence-corrected chi connectivity index (χ0v) is 10.8. The summed E-state index contributed by atoms with van der Waals surface area (Å²) in [6.45, 7) is 6.68. The SMILES string of the molecule is C=CCN(CCC)C(=O)N1CSC[C@H]1C(=O)O. The topological polar surface area (TPSA) is 60.9 Å². The van der Waals surface area contributed by atoms with Crippen molar-refractivity contribution in [1.29, 1.82) is 0 Å². The molecule has 2 amide bonds. The van der Waals surface area contributed by atoms with Gasteiger partial charge in [0, 0.05) is 18.8 Å². The fraction of sp³-hybridized carbons (Fsp3) is 0.636. The minimum Gasteiger partial charge on any atom is -0.480 e. The van der Waals surface area contributed by atoms with Gasteiger partial charge in [-0.1, -0.05) is 13.0 Å². The Labute approximate surface area is 105 Å². The lowest BCUT2D eigenvalue weighted by atomic mass is 10.3. The fourth-order valence-electron chi connectivity index (χ4n) is 1.71. The molecule has 0 unspecified atom stereocenters. The lowest BCUT2D eigenvalue weighted by Crippen LogP contribution is -2.49. The first-order valence-electron chi connectivity index (χ1n) is 5.58. The average Bonchev–Trinajstić information content (AvgIpc) is 2.76. The number of carbonyl (C=O) groups is 2. The third-order valence-electron chi connectivity index (χ3n) is 2.53. The number of amides is 2. The molecule has 1 saturated heterocycles. The smallest absolute Gasteiger partial charge is 0.327 e. The van der Waals surface area contributed by atoms with Gasteiger partial charge in [0.15, 0.2) is 0 Å². The molecular weight excluding hydrogens is 240 g/mol. The molecule has 1 atom stereocenters. The quantitative estimate of drug-likeness (QED) is 0.758.